The number of likely N-dealkylation sites (tertiary alicyclic amines) is 1. The number of fused-ring (bicyclic) bond motifs is 1. The summed E-state index contributed by atoms with van der Waals surface area (Å²) >= 11 is 0. The number of nitrogens with one attached hydrogen (secondary N) is 1. The molecule has 0 aliphatic carbocycles. The van der Waals surface area contributed by atoms with E-state index in [4.69, 9.17) is 4.74 Å². The minimum Gasteiger partial charge on any atom is -0.493 e. The molecule has 4 rings (SSSR count). The first-order chi connectivity index (χ1) is 15.0. The lowest BCUT2D eigenvalue weighted by Gasteiger charge is -2.31. The normalized spacial score (nSPS) is 15.2. The zero-order valence-corrected chi connectivity index (χ0v) is 17.2. The summed E-state index contributed by atoms with van der Waals surface area (Å²) in [6, 6.07) is 12.8. The lowest BCUT2D eigenvalue weighted by Crippen LogP contribution is -2.36. The molecule has 2 aromatic carbocycles. The smallest absolute Gasteiger partial charge is 0.387 e. The topological polar surface area (TPSA) is 54.6 Å². The van der Waals surface area contributed by atoms with E-state index in [9.17, 15) is 13.6 Å². The van der Waals surface area contributed by atoms with E-state index in [-0.39, 0.29) is 17.4 Å². The van der Waals surface area contributed by atoms with Crippen molar-refractivity contribution in [1.82, 2.24) is 9.88 Å². The van der Waals surface area contributed by atoms with Gasteiger partial charge in [-0.3, -0.25) is 4.79 Å². The van der Waals surface area contributed by atoms with Gasteiger partial charge in [-0.1, -0.05) is 24.3 Å². The first-order valence-electron chi connectivity index (χ1n) is 10.2. The Morgan fingerprint density at radius 2 is 1.94 bits per heavy atom. The molecule has 1 saturated heterocycles. The van der Waals surface area contributed by atoms with Crippen molar-refractivity contribution in [3.63, 3.8) is 0 Å². The van der Waals surface area contributed by atoms with Gasteiger partial charge in [0.25, 0.3) is 0 Å². The van der Waals surface area contributed by atoms with E-state index < -0.39 is 6.61 Å². The maximum atomic E-state index is 12.6. The minimum atomic E-state index is -2.93. The van der Waals surface area contributed by atoms with Gasteiger partial charge in [0, 0.05) is 36.3 Å². The number of ether oxygens (including phenoxy) is 2. The van der Waals surface area contributed by atoms with E-state index in [1.165, 1.54) is 30.2 Å². The van der Waals surface area contributed by atoms with Crippen molar-refractivity contribution in [2.45, 2.75) is 25.4 Å². The number of aromatic amines is 1. The predicted octanol–water partition coefficient (Wildman–Crippen LogP) is 5.20. The van der Waals surface area contributed by atoms with Crippen LogP contribution in [0.4, 0.5) is 8.78 Å². The molecule has 31 heavy (non-hydrogen) atoms. The fourth-order valence-corrected chi connectivity index (χ4v) is 4.10. The van der Waals surface area contributed by atoms with Crippen LogP contribution in [0.15, 0.2) is 54.7 Å². The number of benzene rings is 2. The first kappa shape index (κ1) is 20.9. The molecule has 0 bridgehead atoms. The molecule has 5 nitrogen and oxygen atoms in total. The Hall–Kier alpha value is -3.35. The van der Waals surface area contributed by atoms with Gasteiger partial charge in [0.05, 0.1) is 7.11 Å². The molecule has 2 heterocycles. The third-order valence-corrected chi connectivity index (χ3v) is 5.69. The molecule has 1 amide bonds. The van der Waals surface area contributed by atoms with Crippen LogP contribution in [0.25, 0.3) is 17.0 Å². The highest BCUT2D eigenvalue weighted by Gasteiger charge is 2.24. The monoisotopic (exact) mass is 426 g/mol. The summed E-state index contributed by atoms with van der Waals surface area (Å²) in [5, 5.41) is 1.25. The summed E-state index contributed by atoms with van der Waals surface area (Å²) in [5.74, 6) is 0.509. The van der Waals surface area contributed by atoms with Gasteiger partial charge >= 0.3 is 6.61 Å². The zero-order valence-electron chi connectivity index (χ0n) is 17.2. The van der Waals surface area contributed by atoms with Gasteiger partial charge in [0.15, 0.2) is 11.5 Å². The van der Waals surface area contributed by atoms with E-state index in [2.05, 4.69) is 28.1 Å². The van der Waals surface area contributed by atoms with Gasteiger partial charge in [0.2, 0.25) is 5.91 Å². The SMILES string of the molecule is COc1cc(/C=C/C(=O)N2CCC(c3c[nH]c4ccccc34)CC2)ccc1OC(F)F. The number of rotatable bonds is 6. The lowest BCUT2D eigenvalue weighted by atomic mass is 9.89. The average molecular weight is 426 g/mol. The van der Waals surface area contributed by atoms with Crippen molar-refractivity contribution in [2.75, 3.05) is 20.2 Å². The van der Waals surface area contributed by atoms with Crippen molar-refractivity contribution >= 4 is 22.9 Å². The van der Waals surface area contributed by atoms with Crippen molar-refractivity contribution in [1.29, 1.82) is 0 Å². The molecule has 162 valence electrons. The van der Waals surface area contributed by atoms with Gasteiger partial charge in [-0.05, 0) is 54.2 Å². The Balaban J connectivity index is 1.37. The molecular weight excluding hydrogens is 402 g/mol. The van der Waals surface area contributed by atoms with Crippen LogP contribution in [-0.2, 0) is 4.79 Å². The van der Waals surface area contributed by atoms with Crippen LogP contribution in [-0.4, -0.2) is 42.6 Å². The molecule has 0 atom stereocenters. The minimum absolute atomic E-state index is 0.0414. The number of hydrogen-bond donors (Lipinski definition) is 1. The molecule has 1 aliphatic rings. The molecule has 0 saturated carbocycles. The molecule has 3 aromatic rings. The largest absolute Gasteiger partial charge is 0.493 e. The Kier molecular flexibility index (Phi) is 6.21. The highest BCUT2D eigenvalue weighted by atomic mass is 19.3. The van der Waals surface area contributed by atoms with Gasteiger partial charge in [-0.25, -0.2) is 0 Å². The van der Waals surface area contributed by atoms with E-state index in [1.807, 2.05) is 17.0 Å². The number of alkyl halides is 2. The van der Waals surface area contributed by atoms with Crippen LogP contribution in [0.2, 0.25) is 0 Å². The van der Waals surface area contributed by atoms with Gasteiger partial charge in [0.1, 0.15) is 0 Å². The van der Waals surface area contributed by atoms with E-state index in [0.717, 1.165) is 18.4 Å². The number of halogens is 2. The van der Waals surface area contributed by atoms with E-state index in [1.54, 1.807) is 18.2 Å². The number of nitrogens with zero attached hydrogens (tertiary/aromatic N) is 1. The molecule has 1 N–H and O–H groups in total. The number of methoxy groups -OCH3 is 1. The van der Waals surface area contributed by atoms with Gasteiger partial charge in [-0.2, -0.15) is 8.78 Å². The van der Waals surface area contributed by atoms with Crippen molar-refractivity contribution in [3.05, 3.63) is 65.9 Å². The number of para-hydroxylation sites is 1. The number of H-pyrrole nitrogens is 1. The fraction of sp³-hybridized carbons (Fsp3) is 0.292. The maximum absolute atomic E-state index is 12.6. The second-order valence-electron chi connectivity index (χ2n) is 7.51. The van der Waals surface area contributed by atoms with Crippen molar-refractivity contribution in [3.8, 4) is 11.5 Å². The standard InChI is InChI=1S/C24H24F2N2O3/c1-30-22-14-16(6-8-21(22)31-24(25)26)7-9-23(29)28-12-10-17(11-13-28)19-15-27-20-5-3-2-4-18(19)20/h2-9,14-15,17,24,27H,10-13H2,1H3/b9-7+. The first-order valence-corrected chi connectivity index (χ1v) is 10.2. The number of amides is 1. The summed E-state index contributed by atoms with van der Waals surface area (Å²) in [6.45, 7) is -1.54. The second kappa shape index (κ2) is 9.20. The molecule has 7 heteroatoms. The summed E-state index contributed by atoms with van der Waals surface area (Å²) in [7, 11) is 1.38. The summed E-state index contributed by atoms with van der Waals surface area (Å²) in [4.78, 5) is 17.8. The van der Waals surface area contributed by atoms with E-state index >= 15 is 0 Å². The number of aromatic nitrogens is 1. The van der Waals surface area contributed by atoms with Crippen LogP contribution < -0.4 is 9.47 Å². The number of carbonyl (C=O) groups is 1. The van der Waals surface area contributed by atoms with Crippen LogP contribution in [0.3, 0.4) is 0 Å². The Morgan fingerprint density at radius 3 is 2.68 bits per heavy atom. The van der Waals surface area contributed by atoms with Gasteiger partial charge in [-0.15, -0.1) is 0 Å². The van der Waals surface area contributed by atoms with E-state index in [0.29, 0.717) is 24.6 Å². The third kappa shape index (κ3) is 4.71. The molecule has 0 unspecified atom stereocenters. The quantitative estimate of drug-likeness (QED) is 0.552. The maximum Gasteiger partial charge on any atom is 0.387 e. The summed E-state index contributed by atoms with van der Waals surface area (Å²) < 4.78 is 34.4. The fourth-order valence-electron chi connectivity index (χ4n) is 4.10. The molecule has 1 aromatic heterocycles. The molecule has 1 aliphatic heterocycles. The van der Waals surface area contributed by atoms with Crippen LogP contribution >= 0.6 is 0 Å². The Bertz CT molecular complexity index is 1090. The number of piperidine rings is 1. The van der Waals surface area contributed by atoms with Crippen LogP contribution in [0.5, 0.6) is 11.5 Å². The molecular formula is C24H24F2N2O3. The van der Waals surface area contributed by atoms with Crippen molar-refractivity contribution in [2.24, 2.45) is 0 Å². The number of hydrogen-bond acceptors (Lipinski definition) is 3. The molecule has 0 spiro atoms. The second-order valence-corrected chi connectivity index (χ2v) is 7.51. The van der Waals surface area contributed by atoms with Crippen molar-refractivity contribution < 1.29 is 23.0 Å². The Labute approximate surface area is 179 Å². The molecule has 0 radical (unpaired) electrons. The van der Waals surface area contributed by atoms with Crippen LogP contribution in [0.1, 0.15) is 29.9 Å². The highest BCUT2D eigenvalue weighted by molar-refractivity contribution is 5.92. The third-order valence-electron chi connectivity index (χ3n) is 5.69. The van der Waals surface area contributed by atoms with Gasteiger partial charge < -0.3 is 19.4 Å². The average Bonchev–Trinajstić information content (AvgIpc) is 3.22. The lowest BCUT2D eigenvalue weighted by molar-refractivity contribution is -0.126. The summed E-state index contributed by atoms with van der Waals surface area (Å²) in [5.41, 5.74) is 3.12. The summed E-state index contributed by atoms with van der Waals surface area (Å²) in [6.07, 6.45) is 7.07. The molecule has 1 fully saturated rings. The van der Waals surface area contributed by atoms with Crippen LogP contribution in [0, 0.1) is 0 Å². The number of carbonyl (C=O) groups excluding carboxylic acids is 1. The highest BCUT2D eigenvalue weighted by Crippen LogP contribution is 2.33. The zero-order chi connectivity index (χ0) is 21.8. The predicted molar refractivity (Wildman–Crippen MR) is 116 cm³/mol. The Morgan fingerprint density at radius 1 is 1.16 bits per heavy atom.